The summed E-state index contributed by atoms with van der Waals surface area (Å²) in [5.74, 6) is 0.343. The zero-order valence-electron chi connectivity index (χ0n) is 16.0. The second-order valence-corrected chi connectivity index (χ2v) is 7.15. The van der Waals surface area contributed by atoms with Gasteiger partial charge >= 0.3 is 0 Å². The summed E-state index contributed by atoms with van der Waals surface area (Å²) in [4.78, 5) is 28.2. The maximum absolute atomic E-state index is 12.4. The number of benzene rings is 1. The molecule has 0 bridgehead atoms. The predicted molar refractivity (Wildman–Crippen MR) is 103 cm³/mol. The molecule has 138 valence electrons. The van der Waals surface area contributed by atoms with Gasteiger partial charge in [-0.05, 0) is 43.0 Å². The number of hydrogen-bond acceptors (Lipinski definition) is 3. The highest BCUT2D eigenvalue weighted by Crippen LogP contribution is 2.28. The van der Waals surface area contributed by atoms with Crippen LogP contribution in [0.2, 0.25) is 0 Å². The summed E-state index contributed by atoms with van der Waals surface area (Å²) < 4.78 is 0. The molecule has 0 radical (unpaired) electrons. The number of carbonyl (C=O) groups is 2. The van der Waals surface area contributed by atoms with E-state index in [1.54, 1.807) is 6.92 Å². The van der Waals surface area contributed by atoms with Crippen LogP contribution in [0.5, 0.6) is 0 Å². The molecule has 5 nitrogen and oxygen atoms in total. The Bertz CT molecular complexity index is 607. The molecule has 1 aromatic rings. The number of nitrogens with one attached hydrogen (secondary N) is 1. The number of carbonyl (C=O) groups excluding carboxylic acids is 2. The maximum Gasteiger partial charge on any atom is 0.227 e. The average Bonchev–Trinajstić information content (AvgIpc) is 3.09. The normalized spacial score (nSPS) is 14.4. The Balaban J connectivity index is 2.19. The van der Waals surface area contributed by atoms with Crippen LogP contribution in [0.1, 0.15) is 51.5 Å². The zero-order valence-corrected chi connectivity index (χ0v) is 16.0. The van der Waals surface area contributed by atoms with Crippen molar-refractivity contribution in [1.82, 2.24) is 4.90 Å². The van der Waals surface area contributed by atoms with Crippen LogP contribution in [-0.2, 0) is 16.1 Å². The van der Waals surface area contributed by atoms with E-state index in [9.17, 15) is 9.59 Å². The van der Waals surface area contributed by atoms with Crippen LogP contribution in [0, 0.1) is 5.92 Å². The van der Waals surface area contributed by atoms with Crippen molar-refractivity contribution in [2.75, 3.05) is 30.9 Å². The first-order chi connectivity index (χ1) is 11.9. The third-order valence-corrected chi connectivity index (χ3v) is 4.85. The molecule has 1 aliphatic rings. The molecule has 0 aromatic heterocycles. The van der Waals surface area contributed by atoms with Crippen molar-refractivity contribution in [2.24, 2.45) is 5.92 Å². The van der Waals surface area contributed by atoms with Gasteiger partial charge in [0.15, 0.2) is 0 Å². The molecule has 1 saturated carbocycles. The van der Waals surface area contributed by atoms with Gasteiger partial charge in [-0.25, -0.2) is 0 Å². The van der Waals surface area contributed by atoms with E-state index in [1.165, 1.54) is 0 Å². The summed E-state index contributed by atoms with van der Waals surface area (Å²) in [5, 5.41) is 3.06. The van der Waals surface area contributed by atoms with E-state index in [4.69, 9.17) is 0 Å². The largest absolute Gasteiger partial charge is 0.377 e. The molecule has 25 heavy (non-hydrogen) atoms. The first-order valence-electron chi connectivity index (χ1n) is 9.29. The molecular formula is C20H31N3O2. The fourth-order valence-electron chi connectivity index (χ4n) is 3.48. The van der Waals surface area contributed by atoms with E-state index in [1.807, 2.05) is 42.1 Å². The quantitative estimate of drug-likeness (QED) is 0.821. The van der Waals surface area contributed by atoms with Crippen molar-refractivity contribution in [2.45, 2.75) is 52.5 Å². The van der Waals surface area contributed by atoms with Gasteiger partial charge in [0.1, 0.15) is 0 Å². The van der Waals surface area contributed by atoms with Gasteiger partial charge in [0.05, 0.1) is 0 Å². The van der Waals surface area contributed by atoms with Gasteiger partial charge < -0.3 is 15.1 Å². The first kappa shape index (κ1) is 19.3. The summed E-state index contributed by atoms with van der Waals surface area (Å²) in [6, 6.07) is 5.97. The van der Waals surface area contributed by atoms with Crippen molar-refractivity contribution in [3.8, 4) is 0 Å². The lowest BCUT2D eigenvalue weighted by atomic mass is 10.1. The van der Waals surface area contributed by atoms with Crippen molar-refractivity contribution in [3.05, 3.63) is 23.8 Å². The lowest BCUT2D eigenvalue weighted by Crippen LogP contribution is -2.30. The lowest BCUT2D eigenvalue weighted by Gasteiger charge is -2.25. The highest BCUT2D eigenvalue weighted by molar-refractivity contribution is 5.93. The van der Waals surface area contributed by atoms with Gasteiger partial charge in [0.2, 0.25) is 11.8 Å². The van der Waals surface area contributed by atoms with Crippen LogP contribution >= 0.6 is 0 Å². The summed E-state index contributed by atoms with van der Waals surface area (Å²) in [5.41, 5.74) is 2.94. The second kappa shape index (κ2) is 8.88. The molecule has 1 fully saturated rings. The van der Waals surface area contributed by atoms with Crippen LogP contribution in [0.15, 0.2) is 18.2 Å². The predicted octanol–water partition coefficient (Wildman–Crippen LogP) is 3.64. The van der Waals surface area contributed by atoms with Crippen LogP contribution in [0.4, 0.5) is 11.4 Å². The van der Waals surface area contributed by atoms with Gasteiger partial charge in [0, 0.05) is 51.4 Å². The maximum atomic E-state index is 12.4. The molecule has 0 spiro atoms. The minimum Gasteiger partial charge on any atom is -0.377 e. The Hall–Kier alpha value is -2.04. The van der Waals surface area contributed by atoms with E-state index in [2.05, 4.69) is 12.2 Å². The van der Waals surface area contributed by atoms with Crippen molar-refractivity contribution in [3.63, 3.8) is 0 Å². The number of nitrogens with zero attached hydrogens (tertiary/aromatic N) is 2. The van der Waals surface area contributed by atoms with Gasteiger partial charge in [-0.2, -0.15) is 0 Å². The number of anilines is 2. The third-order valence-electron chi connectivity index (χ3n) is 4.85. The highest BCUT2D eigenvalue weighted by atomic mass is 16.2. The molecule has 5 heteroatoms. The second-order valence-electron chi connectivity index (χ2n) is 7.15. The monoisotopic (exact) mass is 345 g/mol. The Morgan fingerprint density at radius 1 is 1.20 bits per heavy atom. The van der Waals surface area contributed by atoms with E-state index < -0.39 is 0 Å². The summed E-state index contributed by atoms with van der Waals surface area (Å²) in [6.07, 6.45) is 5.20. The number of rotatable bonds is 7. The van der Waals surface area contributed by atoms with Crippen molar-refractivity contribution >= 4 is 23.2 Å². The molecule has 0 atom stereocenters. The molecule has 2 amide bonds. The fourth-order valence-corrected chi connectivity index (χ4v) is 3.48. The van der Waals surface area contributed by atoms with E-state index in [0.717, 1.165) is 55.6 Å². The lowest BCUT2D eigenvalue weighted by molar-refractivity contribution is -0.129. The highest BCUT2D eigenvalue weighted by Gasteiger charge is 2.23. The van der Waals surface area contributed by atoms with Gasteiger partial charge in [-0.3, -0.25) is 9.59 Å². The summed E-state index contributed by atoms with van der Waals surface area (Å²) >= 11 is 0. The summed E-state index contributed by atoms with van der Waals surface area (Å²) in [6.45, 7) is 4.97. The first-order valence-corrected chi connectivity index (χ1v) is 9.29. The minimum absolute atomic E-state index is 0.0759. The summed E-state index contributed by atoms with van der Waals surface area (Å²) in [7, 11) is 3.99. The van der Waals surface area contributed by atoms with E-state index in [-0.39, 0.29) is 17.7 Å². The molecule has 0 aliphatic heterocycles. The minimum atomic E-state index is 0.0759. The molecule has 0 unspecified atom stereocenters. The molecule has 1 aromatic carbocycles. The standard InChI is InChI=1S/C20H31N3O2/c1-5-12-23(15(2)24)14-17-13-18(10-11-19(17)22(3)4)21-20(25)16-8-6-7-9-16/h10-11,13,16H,5-9,12,14H2,1-4H3,(H,21,25). The SMILES string of the molecule is CCCN(Cc1cc(NC(=O)C2CCCC2)ccc1N(C)C)C(C)=O. The average molecular weight is 345 g/mol. The fraction of sp³-hybridized carbons (Fsp3) is 0.600. The molecule has 1 N–H and O–H groups in total. The van der Waals surface area contributed by atoms with Gasteiger partial charge in [-0.1, -0.05) is 19.8 Å². The van der Waals surface area contributed by atoms with Gasteiger partial charge in [-0.15, -0.1) is 0 Å². The van der Waals surface area contributed by atoms with Crippen LogP contribution in [-0.4, -0.2) is 37.4 Å². The van der Waals surface area contributed by atoms with E-state index in [0.29, 0.717) is 6.54 Å². The third kappa shape index (κ3) is 5.21. The Morgan fingerprint density at radius 2 is 1.88 bits per heavy atom. The van der Waals surface area contributed by atoms with E-state index >= 15 is 0 Å². The Labute approximate surface area is 151 Å². The molecule has 0 saturated heterocycles. The Kier molecular flexibility index (Phi) is 6.85. The molecule has 1 aliphatic carbocycles. The smallest absolute Gasteiger partial charge is 0.227 e. The Morgan fingerprint density at radius 3 is 2.44 bits per heavy atom. The number of hydrogen-bond donors (Lipinski definition) is 1. The molecular weight excluding hydrogens is 314 g/mol. The van der Waals surface area contributed by atoms with Crippen molar-refractivity contribution < 1.29 is 9.59 Å². The van der Waals surface area contributed by atoms with Crippen LogP contribution in [0.25, 0.3) is 0 Å². The van der Waals surface area contributed by atoms with Gasteiger partial charge in [0.25, 0.3) is 0 Å². The zero-order chi connectivity index (χ0) is 18.4. The molecule has 0 heterocycles. The topological polar surface area (TPSA) is 52.7 Å². The molecule has 2 rings (SSSR count). The van der Waals surface area contributed by atoms with Crippen LogP contribution < -0.4 is 10.2 Å². The van der Waals surface area contributed by atoms with Crippen molar-refractivity contribution in [1.29, 1.82) is 0 Å². The number of amides is 2. The van der Waals surface area contributed by atoms with Crippen LogP contribution in [0.3, 0.4) is 0 Å².